The van der Waals surface area contributed by atoms with Gasteiger partial charge in [0.25, 0.3) is 0 Å². The van der Waals surface area contributed by atoms with Crippen LogP contribution in [-0.4, -0.2) is 37.0 Å². The first-order valence-corrected chi connectivity index (χ1v) is 8.59. The molecule has 0 aliphatic carbocycles. The molecular formula is C18H26FN2O+. The van der Waals surface area contributed by atoms with Gasteiger partial charge in [-0.3, -0.25) is 4.79 Å². The third-order valence-corrected chi connectivity index (χ3v) is 5.00. The Balaban J connectivity index is 1.56. The second-order valence-corrected chi connectivity index (χ2v) is 6.73. The van der Waals surface area contributed by atoms with E-state index < -0.39 is 0 Å². The quantitative estimate of drug-likeness (QED) is 0.902. The number of carbonyl (C=O) groups is 1. The molecule has 0 spiro atoms. The van der Waals surface area contributed by atoms with Crippen molar-refractivity contribution in [3.05, 3.63) is 35.6 Å². The second kappa shape index (κ2) is 7.23. The minimum Gasteiger partial charge on any atom is -0.342 e. The molecule has 1 N–H and O–H groups in total. The Hall–Kier alpha value is -1.42. The smallest absolute Gasteiger partial charge is 0.231 e. The van der Waals surface area contributed by atoms with E-state index in [1.807, 2.05) is 12.1 Å². The van der Waals surface area contributed by atoms with Gasteiger partial charge in [-0.1, -0.05) is 12.1 Å². The summed E-state index contributed by atoms with van der Waals surface area (Å²) in [6.07, 6.45) is 5.72. The molecule has 2 unspecified atom stereocenters. The molecule has 22 heavy (non-hydrogen) atoms. The van der Waals surface area contributed by atoms with Gasteiger partial charge in [-0.05, 0) is 44.2 Å². The van der Waals surface area contributed by atoms with Gasteiger partial charge in [0.1, 0.15) is 12.4 Å². The summed E-state index contributed by atoms with van der Waals surface area (Å²) in [4.78, 5) is 16.2. The average Bonchev–Trinajstić information content (AvgIpc) is 2.57. The summed E-state index contributed by atoms with van der Waals surface area (Å²) in [5.41, 5.74) is 1.16. The van der Waals surface area contributed by atoms with Gasteiger partial charge in [-0.2, -0.15) is 0 Å². The molecule has 1 aromatic carbocycles. The van der Waals surface area contributed by atoms with E-state index in [9.17, 15) is 9.18 Å². The molecule has 1 amide bonds. The first kappa shape index (κ1) is 15.5. The van der Waals surface area contributed by atoms with Gasteiger partial charge < -0.3 is 9.80 Å². The summed E-state index contributed by atoms with van der Waals surface area (Å²) in [7, 11) is 0. The highest BCUT2D eigenvalue weighted by molar-refractivity contribution is 5.79. The van der Waals surface area contributed by atoms with Crippen molar-refractivity contribution in [2.24, 2.45) is 5.92 Å². The molecule has 0 bridgehead atoms. The SMILES string of the molecule is O=C(C1CCC[NH+](Cc2ccc(F)cc2)C1)N1CCCCC1. The Kier molecular flexibility index (Phi) is 5.08. The predicted octanol–water partition coefficient (Wildman–Crippen LogP) is 1.63. The van der Waals surface area contributed by atoms with Gasteiger partial charge in [0.2, 0.25) is 5.91 Å². The molecule has 2 fully saturated rings. The van der Waals surface area contributed by atoms with Gasteiger partial charge in [0.05, 0.1) is 19.0 Å². The second-order valence-electron chi connectivity index (χ2n) is 6.73. The predicted molar refractivity (Wildman–Crippen MR) is 84.0 cm³/mol. The number of piperidine rings is 2. The summed E-state index contributed by atoms with van der Waals surface area (Å²) in [5, 5.41) is 0. The number of nitrogens with zero attached hydrogens (tertiary/aromatic N) is 1. The summed E-state index contributed by atoms with van der Waals surface area (Å²) < 4.78 is 13.0. The number of hydrogen-bond acceptors (Lipinski definition) is 1. The van der Waals surface area contributed by atoms with E-state index in [4.69, 9.17) is 0 Å². The van der Waals surface area contributed by atoms with E-state index in [0.29, 0.717) is 5.91 Å². The van der Waals surface area contributed by atoms with Crippen molar-refractivity contribution in [3.8, 4) is 0 Å². The van der Waals surface area contributed by atoms with Crippen molar-refractivity contribution in [2.45, 2.75) is 38.6 Å². The summed E-state index contributed by atoms with van der Waals surface area (Å²) >= 11 is 0. The maximum absolute atomic E-state index is 13.0. The number of quaternary nitrogens is 1. The van der Waals surface area contributed by atoms with Crippen LogP contribution in [0.4, 0.5) is 4.39 Å². The van der Waals surface area contributed by atoms with Crippen LogP contribution in [0.1, 0.15) is 37.7 Å². The molecule has 120 valence electrons. The van der Waals surface area contributed by atoms with Crippen LogP contribution < -0.4 is 4.90 Å². The zero-order valence-electron chi connectivity index (χ0n) is 13.2. The molecule has 2 saturated heterocycles. The van der Waals surface area contributed by atoms with Crippen LogP contribution in [0.5, 0.6) is 0 Å². The van der Waals surface area contributed by atoms with Crippen molar-refractivity contribution in [3.63, 3.8) is 0 Å². The number of amides is 1. The molecule has 2 aliphatic heterocycles. The number of nitrogens with one attached hydrogen (secondary N) is 1. The lowest BCUT2D eigenvalue weighted by Gasteiger charge is -2.34. The number of benzene rings is 1. The minimum atomic E-state index is -0.185. The molecule has 0 aromatic heterocycles. The highest BCUT2D eigenvalue weighted by Gasteiger charge is 2.32. The fourth-order valence-corrected chi connectivity index (χ4v) is 3.79. The fourth-order valence-electron chi connectivity index (χ4n) is 3.79. The van der Waals surface area contributed by atoms with Crippen molar-refractivity contribution in [1.82, 2.24) is 4.90 Å². The highest BCUT2D eigenvalue weighted by atomic mass is 19.1. The van der Waals surface area contributed by atoms with Gasteiger partial charge in [-0.15, -0.1) is 0 Å². The number of likely N-dealkylation sites (tertiary alicyclic amines) is 2. The molecule has 2 heterocycles. The first-order valence-electron chi connectivity index (χ1n) is 8.59. The average molecular weight is 305 g/mol. The van der Waals surface area contributed by atoms with Gasteiger partial charge >= 0.3 is 0 Å². The largest absolute Gasteiger partial charge is 0.342 e. The lowest BCUT2D eigenvalue weighted by molar-refractivity contribution is -0.921. The first-order chi connectivity index (χ1) is 10.7. The molecule has 4 heteroatoms. The molecule has 3 nitrogen and oxygen atoms in total. The maximum atomic E-state index is 13.0. The lowest BCUT2D eigenvalue weighted by atomic mass is 9.95. The van der Waals surface area contributed by atoms with Gasteiger partial charge in [-0.25, -0.2) is 4.39 Å². The number of halogens is 1. The number of carbonyl (C=O) groups excluding carboxylic acids is 1. The normalized spacial score (nSPS) is 26.0. The van der Waals surface area contributed by atoms with E-state index in [1.54, 1.807) is 0 Å². The number of rotatable bonds is 3. The van der Waals surface area contributed by atoms with Crippen LogP contribution >= 0.6 is 0 Å². The Labute approximate surface area is 132 Å². The Morgan fingerprint density at radius 1 is 1.14 bits per heavy atom. The molecule has 3 rings (SSSR count). The van der Waals surface area contributed by atoms with Crippen LogP contribution in [0.3, 0.4) is 0 Å². The molecule has 2 atom stereocenters. The lowest BCUT2D eigenvalue weighted by Crippen LogP contribution is -3.12. The number of hydrogen-bond donors (Lipinski definition) is 1. The zero-order chi connectivity index (χ0) is 15.4. The molecule has 2 aliphatic rings. The van der Waals surface area contributed by atoms with Crippen molar-refractivity contribution in [1.29, 1.82) is 0 Å². The molecule has 1 aromatic rings. The van der Waals surface area contributed by atoms with Crippen LogP contribution in [-0.2, 0) is 11.3 Å². The van der Waals surface area contributed by atoms with Crippen LogP contribution in [0.2, 0.25) is 0 Å². The zero-order valence-corrected chi connectivity index (χ0v) is 13.2. The van der Waals surface area contributed by atoms with Crippen LogP contribution in [0, 0.1) is 11.7 Å². The monoisotopic (exact) mass is 305 g/mol. The van der Waals surface area contributed by atoms with Gasteiger partial charge in [0.15, 0.2) is 0 Å². The topological polar surface area (TPSA) is 24.8 Å². The molecular weight excluding hydrogens is 279 g/mol. The van der Waals surface area contributed by atoms with E-state index in [0.717, 1.165) is 64.0 Å². The van der Waals surface area contributed by atoms with E-state index in [-0.39, 0.29) is 11.7 Å². The van der Waals surface area contributed by atoms with Crippen LogP contribution in [0.15, 0.2) is 24.3 Å². The highest BCUT2D eigenvalue weighted by Crippen LogP contribution is 2.16. The molecule has 0 radical (unpaired) electrons. The summed E-state index contributed by atoms with van der Waals surface area (Å²) in [5.74, 6) is 0.369. The van der Waals surface area contributed by atoms with Gasteiger partial charge in [0, 0.05) is 18.7 Å². The third-order valence-electron chi connectivity index (χ3n) is 5.00. The molecule has 0 saturated carbocycles. The maximum Gasteiger partial charge on any atom is 0.231 e. The fraction of sp³-hybridized carbons (Fsp3) is 0.611. The third kappa shape index (κ3) is 3.86. The van der Waals surface area contributed by atoms with Crippen LogP contribution in [0.25, 0.3) is 0 Å². The van der Waals surface area contributed by atoms with Crippen molar-refractivity contribution < 1.29 is 14.1 Å². The van der Waals surface area contributed by atoms with E-state index >= 15 is 0 Å². The standard InChI is InChI=1S/C18H25FN2O/c19-17-8-6-15(7-9-17)13-20-10-4-5-16(14-20)18(22)21-11-2-1-3-12-21/h6-9,16H,1-5,10-14H2/p+1. The van der Waals surface area contributed by atoms with E-state index in [1.165, 1.54) is 23.5 Å². The minimum absolute atomic E-state index is 0.183. The Morgan fingerprint density at radius 3 is 2.59 bits per heavy atom. The Bertz CT molecular complexity index is 496. The summed E-state index contributed by atoms with van der Waals surface area (Å²) in [6, 6.07) is 6.76. The van der Waals surface area contributed by atoms with Crippen molar-refractivity contribution >= 4 is 5.91 Å². The van der Waals surface area contributed by atoms with Crippen molar-refractivity contribution in [2.75, 3.05) is 26.2 Å². The van der Waals surface area contributed by atoms with E-state index in [2.05, 4.69) is 4.90 Å². The summed E-state index contributed by atoms with van der Waals surface area (Å²) in [6.45, 7) is 4.82. The Morgan fingerprint density at radius 2 is 1.86 bits per heavy atom.